The number of pyridine rings is 1. The molecular formula is C17H23N5O2. The molecule has 2 aromatic heterocycles. The second kappa shape index (κ2) is 8.44. The van der Waals surface area contributed by atoms with E-state index in [1.54, 1.807) is 23.3 Å². The van der Waals surface area contributed by atoms with Crippen LogP contribution in [-0.2, 0) is 17.8 Å². The lowest BCUT2D eigenvalue weighted by Crippen LogP contribution is -2.44. The van der Waals surface area contributed by atoms with Crippen LogP contribution in [0.4, 0.5) is 4.79 Å². The van der Waals surface area contributed by atoms with Crippen molar-refractivity contribution in [3.05, 3.63) is 48.5 Å². The van der Waals surface area contributed by atoms with Crippen LogP contribution >= 0.6 is 0 Å². The van der Waals surface area contributed by atoms with Gasteiger partial charge in [-0.3, -0.25) is 9.67 Å². The minimum absolute atomic E-state index is 0.0746. The molecule has 7 heteroatoms. The lowest BCUT2D eigenvalue weighted by atomic mass is 10.2. The Morgan fingerprint density at radius 1 is 1.38 bits per heavy atom. The van der Waals surface area contributed by atoms with Crippen LogP contribution < -0.4 is 5.32 Å². The van der Waals surface area contributed by atoms with Crippen molar-refractivity contribution < 1.29 is 9.53 Å². The number of nitrogens with one attached hydrogen (secondary N) is 1. The Morgan fingerprint density at radius 3 is 2.96 bits per heavy atom. The molecule has 0 saturated carbocycles. The van der Waals surface area contributed by atoms with E-state index in [4.69, 9.17) is 4.74 Å². The Balaban J connectivity index is 1.55. The standard InChI is InChI=1S/C17H23N5O2/c23-17(19-9-11-22-10-2-6-20-22)21(14-16-3-1-12-24-16)13-15-4-7-18-8-5-15/h2,4-8,10,16H,1,3,9,11-14H2,(H,19,23)/t16-/m1/s1. The summed E-state index contributed by atoms with van der Waals surface area (Å²) < 4.78 is 7.49. The summed E-state index contributed by atoms with van der Waals surface area (Å²) in [6, 6.07) is 5.66. The third-order valence-electron chi connectivity index (χ3n) is 4.03. The van der Waals surface area contributed by atoms with Crippen molar-refractivity contribution in [3.63, 3.8) is 0 Å². The van der Waals surface area contributed by atoms with Gasteiger partial charge in [0.05, 0.1) is 12.6 Å². The molecule has 2 aromatic rings. The molecular weight excluding hydrogens is 306 g/mol. The fourth-order valence-electron chi connectivity index (χ4n) is 2.78. The second-order valence-corrected chi connectivity index (χ2v) is 5.87. The molecule has 0 aliphatic carbocycles. The smallest absolute Gasteiger partial charge is 0.317 e. The number of nitrogens with zero attached hydrogens (tertiary/aromatic N) is 4. The zero-order valence-electron chi connectivity index (χ0n) is 13.7. The van der Waals surface area contributed by atoms with E-state index in [9.17, 15) is 4.79 Å². The Morgan fingerprint density at radius 2 is 2.25 bits per heavy atom. The number of ether oxygens (including phenoxy) is 1. The van der Waals surface area contributed by atoms with Gasteiger partial charge in [-0.15, -0.1) is 0 Å². The van der Waals surface area contributed by atoms with Crippen molar-refractivity contribution in [3.8, 4) is 0 Å². The summed E-state index contributed by atoms with van der Waals surface area (Å²) in [6.45, 7) is 3.14. The Kier molecular flexibility index (Phi) is 5.79. The average molecular weight is 329 g/mol. The van der Waals surface area contributed by atoms with Crippen LogP contribution in [0.1, 0.15) is 18.4 Å². The molecule has 1 atom stereocenters. The molecule has 128 valence electrons. The minimum Gasteiger partial charge on any atom is -0.376 e. The first-order valence-corrected chi connectivity index (χ1v) is 8.32. The topological polar surface area (TPSA) is 72.3 Å². The SMILES string of the molecule is O=C(NCCn1cccn1)N(Cc1ccncc1)C[C@H]1CCCO1. The largest absolute Gasteiger partial charge is 0.376 e. The van der Waals surface area contributed by atoms with Crippen LogP contribution in [0.3, 0.4) is 0 Å². The molecule has 3 heterocycles. The highest BCUT2D eigenvalue weighted by Crippen LogP contribution is 2.15. The van der Waals surface area contributed by atoms with Crippen LogP contribution in [0, 0.1) is 0 Å². The maximum Gasteiger partial charge on any atom is 0.317 e. The first-order chi connectivity index (χ1) is 11.8. The fraction of sp³-hybridized carbons (Fsp3) is 0.471. The number of carbonyl (C=O) groups is 1. The molecule has 1 fully saturated rings. The molecule has 0 radical (unpaired) electrons. The fourth-order valence-corrected chi connectivity index (χ4v) is 2.78. The van der Waals surface area contributed by atoms with Crippen molar-refractivity contribution in [2.24, 2.45) is 0 Å². The summed E-state index contributed by atoms with van der Waals surface area (Å²) >= 11 is 0. The van der Waals surface area contributed by atoms with E-state index < -0.39 is 0 Å². The molecule has 0 unspecified atom stereocenters. The minimum atomic E-state index is -0.0746. The molecule has 1 N–H and O–H groups in total. The molecule has 24 heavy (non-hydrogen) atoms. The maximum atomic E-state index is 12.6. The quantitative estimate of drug-likeness (QED) is 0.839. The molecule has 0 bridgehead atoms. The Labute approximate surface area is 141 Å². The molecule has 0 spiro atoms. The van der Waals surface area contributed by atoms with Crippen molar-refractivity contribution in [1.29, 1.82) is 0 Å². The highest BCUT2D eigenvalue weighted by atomic mass is 16.5. The number of aromatic nitrogens is 3. The Bertz CT molecular complexity index is 611. The number of rotatable bonds is 7. The van der Waals surface area contributed by atoms with Gasteiger partial charge in [0.2, 0.25) is 0 Å². The van der Waals surface area contributed by atoms with E-state index in [-0.39, 0.29) is 12.1 Å². The summed E-state index contributed by atoms with van der Waals surface area (Å²) in [7, 11) is 0. The van der Waals surface area contributed by atoms with Gasteiger partial charge >= 0.3 is 6.03 Å². The predicted octanol–water partition coefficient (Wildman–Crippen LogP) is 1.67. The molecule has 7 nitrogen and oxygen atoms in total. The van der Waals surface area contributed by atoms with Crippen LogP contribution in [0.5, 0.6) is 0 Å². The van der Waals surface area contributed by atoms with Crippen molar-refractivity contribution in [2.75, 3.05) is 19.7 Å². The number of hydrogen-bond acceptors (Lipinski definition) is 4. The molecule has 0 aromatic carbocycles. The third kappa shape index (κ3) is 4.79. The van der Waals surface area contributed by atoms with E-state index in [1.807, 2.05) is 29.3 Å². The number of hydrogen-bond donors (Lipinski definition) is 1. The summed E-state index contributed by atoms with van der Waals surface area (Å²) in [5, 5.41) is 7.10. The summed E-state index contributed by atoms with van der Waals surface area (Å²) in [6.07, 6.45) is 9.30. The van der Waals surface area contributed by atoms with Gasteiger partial charge in [0.15, 0.2) is 0 Å². The highest BCUT2D eigenvalue weighted by molar-refractivity contribution is 5.74. The number of urea groups is 1. The molecule has 3 rings (SSSR count). The van der Waals surface area contributed by atoms with E-state index >= 15 is 0 Å². The van der Waals surface area contributed by atoms with Gasteiger partial charge in [0, 0.05) is 51.0 Å². The zero-order valence-corrected chi connectivity index (χ0v) is 13.7. The van der Waals surface area contributed by atoms with Crippen LogP contribution in [0.2, 0.25) is 0 Å². The summed E-state index contributed by atoms with van der Waals surface area (Å²) in [5.74, 6) is 0. The van der Waals surface area contributed by atoms with Crippen molar-refractivity contribution in [1.82, 2.24) is 25.0 Å². The second-order valence-electron chi connectivity index (χ2n) is 5.87. The zero-order chi connectivity index (χ0) is 16.6. The summed E-state index contributed by atoms with van der Waals surface area (Å²) in [4.78, 5) is 18.4. The van der Waals surface area contributed by atoms with Gasteiger partial charge < -0.3 is 15.0 Å². The molecule has 2 amide bonds. The van der Waals surface area contributed by atoms with Gasteiger partial charge in [0.25, 0.3) is 0 Å². The monoisotopic (exact) mass is 329 g/mol. The Hall–Kier alpha value is -2.41. The highest BCUT2D eigenvalue weighted by Gasteiger charge is 2.22. The van der Waals surface area contributed by atoms with Gasteiger partial charge in [-0.05, 0) is 36.6 Å². The molecule has 1 aliphatic heterocycles. The number of amides is 2. The normalized spacial score (nSPS) is 16.9. The first kappa shape index (κ1) is 16.4. The van der Waals surface area contributed by atoms with Crippen molar-refractivity contribution in [2.45, 2.75) is 32.0 Å². The average Bonchev–Trinajstić information content (AvgIpc) is 3.29. The lowest BCUT2D eigenvalue weighted by Gasteiger charge is -2.26. The van der Waals surface area contributed by atoms with E-state index in [2.05, 4.69) is 15.4 Å². The number of carbonyl (C=O) groups excluding carboxylic acids is 1. The van der Waals surface area contributed by atoms with E-state index in [0.717, 1.165) is 25.0 Å². The van der Waals surface area contributed by atoms with E-state index in [1.165, 1.54) is 0 Å². The van der Waals surface area contributed by atoms with Crippen molar-refractivity contribution >= 4 is 6.03 Å². The van der Waals surface area contributed by atoms with Gasteiger partial charge in [-0.2, -0.15) is 5.10 Å². The van der Waals surface area contributed by atoms with Crippen LogP contribution in [0.25, 0.3) is 0 Å². The predicted molar refractivity (Wildman–Crippen MR) is 89.2 cm³/mol. The van der Waals surface area contributed by atoms with Gasteiger partial charge in [-0.25, -0.2) is 4.79 Å². The molecule has 1 aliphatic rings. The van der Waals surface area contributed by atoms with Crippen LogP contribution in [0.15, 0.2) is 43.0 Å². The summed E-state index contributed by atoms with van der Waals surface area (Å²) in [5.41, 5.74) is 1.06. The van der Waals surface area contributed by atoms with E-state index in [0.29, 0.717) is 26.2 Å². The van der Waals surface area contributed by atoms with Gasteiger partial charge in [-0.1, -0.05) is 0 Å². The molecule has 1 saturated heterocycles. The lowest BCUT2D eigenvalue weighted by molar-refractivity contribution is 0.0794. The maximum absolute atomic E-state index is 12.6. The van der Waals surface area contributed by atoms with Gasteiger partial charge in [0.1, 0.15) is 0 Å². The third-order valence-corrected chi connectivity index (χ3v) is 4.03. The first-order valence-electron chi connectivity index (χ1n) is 8.32. The van der Waals surface area contributed by atoms with Crippen LogP contribution in [-0.4, -0.2) is 51.5 Å².